The monoisotopic (exact) mass is 288 g/mol. The standard InChI is InChI=1S/C13H16N6O2/c1-17-15-12(14-16-17)10-2-4-11(5-3-10)18-6-8-19(9-7-18)13(20)21/h2-5H,6-9H2,1H3,(H,20,21). The number of tetrazole rings is 1. The topological polar surface area (TPSA) is 87.4 Å². The number of aromatic nitrogens is 4. The molecule has 0 unspecified atom stereocenters. The molecule has 0 saturated carbocycles. The zero-order valence-corrected chi connectivity index (χ0v) is 11.7. The van der Waals surface area contributed by atoms with Crippen molar-refractivity contribution >= 4 is 11.8 Å². The molecule has 0 atom stereocenters. The van der Waals surface area contributed by atoms with Crippen LogP contribution in [-0.4, -0.2) is 62.5 Å². The summed E-state index contributed by atoms with van der Waals surface area (Å²) in [5, 5.41) is 20.9. The first kappa shape index (κ1) is 13.3. The summed E-state index contributed by atoms with van der Waals surface area (Å²) in [6.07, 6.45) is -0.848. The van der Waals surface area contributed by atoms with Gasteiger partial charge in [-0.1, -0.05) is 0 Å². The van der Waals surface area contributed by atoms with Crippen molar-refractivity contribution in [2.75, 3.05) is 31.1 Å². The van der Waals surface area contributed by atoms with E-state index >= 15 is 0 Å². The maximum atomic E-state index is 10.9. The van der Waals surface area contributed by atoms with Crippen LogP contribution in [0.4, 0.5) is 10.5 Å². The number of anilines is 1. The highest BCUT2D eigenvalue weighted by molar-refractivity contribution is 5.66. The Hall–Kier alpha value is -2.64. The van der Waals surface area contributed by atoms with Crippen molar-refractivity contribution < 1.29 is 9.90 Å². The molecule has 8 heteroatoms. The Balaban J connectivity index is 1.69. The van der Waals surface area contributed by atoms with Gasteiger partial charge in [0.05, 0.1) is 7.05 Å². The van der Waals surface area contributed by atoms with E-state index in [1.165, 1.54) is 9.70 Å². The summed E-state index contributed by atoms with van der Waals surface area (Å²) >= 11 is 0. The predicted molar refractivity (Wildman–Crippen MR) is 76.0 cm³/mol. The van der Waals surface area contributed by atoms with Crippen molar-refractivity contribution in [1.82, 2.24) is 25.1 Å². The van der Waals surface area contributed by atoms with E-state index in [0.29, 0.717) is 32.0 Å². The van der Waals surface area contributed by atoms with Crippen LogP contribution in [0.2, 0.25) is 0 Å². The zero-order valence-electron chi connectivity index (χ0n) is 11.7. The van der Waals surface area contributed by atoms with Gasteiger partial charge in [0.25, 0.3) is 0 Å². The lowest BCUT2D eigenvalue weighted by Crippen LogP contribution is -2.48. The van der Waals surface area contributed by atoms with Crippen LogP contribution in [0.1, 0.15) is 0 Å². The number of benzene rings is 1. The summed E-state index contributed by atoms with van der Waals surface area (Å²) in [5.41, 5.74) is 1.99. The van der Waals surface area contributed by atoms with Crippen molar-refractivity contribution in [3.8, 4) is 11.4 Å². The molecule has 3 rings (SSSR count). The van der Waals surface area contributed by atoms with Gasteiger partial charge >= 0.3 is 6.09 Å². The Morgan fingerprint density at radius 3 is 2.33 bits per heavy atom. The Bertz CT molecular complexity index is 630. The maximum absolute atomic E-state index is 10.9. The average Bonchev–Trinajstić information content (AvgIpc) is 2.94. The van der Waals surface area contributed by atoms with Crippen LogP contribution in [0.5, 0.6) is 0 Å². The number of carboxylic acid groups (broad SMARTS) is 1. The minimum atomic E-state index is -0.848. The second-order valence-corrected chi connectivity index (χ2v) is 4.91. The number of amides is 1. The van der Waals surface area contributed by atoms with Crippen LogP contribution in [-0.2, 0) is 7.05 Å². The van der Waals surface area contributed by atoms with E-state index in [1.54, 1.807) is 7.05 Å². The third-order valence-electron chi connectivity index (χ3n) is 3.55. The maximum Gasteiger partial charge on any atom is 0.407 e. The molecule has 1 amide bonds. The van der Waals surface area contributed by atoms with Crippen LogP contribution >= 0.6 is 0 Å². The molecule has 0 radical (unpaired) electrons. The normalized spacial score (nSPS) is 15.3. The molecule has 8 nitrogen and oxygen atoms in total. The van der Waals surface area contributed by atoms with Crippen molar-refractivity contribution in [2.45, 2.75) is 0 Å². The van der Waals surface area contributed by atoms with Crippen LogP contribution < -0.4 is 4.90 Å². The van der Waals surface area contributed by atoms with E-state index in [-0.39, 0.29) is 0 Å². The first-order valence-corrected chi connectivity index (χ1v) is 6.71. The van der Waals surface area contributed by atoms with Crippen LogP contribution in [0, 0.1) is 0 Å². The van der Waals surface area contributed by atoms with Crippen molar-refractivity contribution in [3.05, 3.63) is 24.3 Å². The predicted octanol–water partition coefficient (Wildman–Crippen LogP) is 0.677. The lowest BCUT2D eigenvalue weighted by molar-refractivity contribution is 0.142. The first-order valence-electron chi connectivity index (χ1n) is 6.71. The van der Waals surface area contributed by atoms with E-state index in [2.05, 4.69) is 20.3 Å². The molecular weight excluding hydrogens is 272 g/mol. The minimum Gasteiger partial charge on any atom is -0.465 e. The highest BCUT2D eigenvalue weighted by Crippen LogP contribution is 2.21. The molecule has 1 saturated heterocycles. The van der Waals surface area contributed by atoms with Gasteiger partial charge in [0.2, 0.25) is 5.82 Å². The molecule has 0 spiro atoms. The summed E-state index contributed by atoms with van der Waals surface area (Å²) in [5.74, 6) is 0.597. The molecule has 1 N–H and O–H groups in total. The Morgan fingerprint density at radius 1 is 1.14 bits per heavy atom. The first-order chi connectivity index (χ1) is 10.1. The molecule has 0 aliphatic carbocycles. The molecule has 110 valence electrons. The number of piperazine rings is 1. The quantitative estimate of drug-likeness (QED) is 0.874. The second-order valence-electron chi connectivity index (χ2n) is 4.91. The largest absolute Gasteiger partial charge is 0.465 e. The van der Waals surface area contributed by atoms with E-state index in [4.69, 9.17) is 5.11 Å². The van der Waals surface area contributed by atoms with Crippen LogP contribution in [0.15, 0.2) is 24.3 Å². The van der Waals surface area contributed by atoms with E-state index in [0.717, 1.165) is 11.3 Å². The Kier molecular flexibility index (Phi) is 3.43. The lowest BCUT2D eigenvalue weighted by atomic mass is 10.1. The number of hydrogen-bond donors (Lipinski definition) is 1. The summed E-state index contributed by atoms with van der Waals surface area (Å²) in [7, 11) is 1.73. The molecule has 0 bridgehead atoms. The SMILES string of the molecule is Cn1nnc(-c2ccc(N3CCN(C(=O)O)CC3)cc2)n1. The van der Waals surface area contributed by atoms with Crippen molar-refractivity contribution in [1.29, 1.82) is 0 Å². The van der Waals surface area contributed by atoms with Crippen molar-refractivity contribution in [2.24, 2.45) is 7.05 Å². The highest BCUT2D eigenvalue weighted by Gasteiger charge is 2.20. The number of carbonyl (C=O) groups is 1. The van der Waals surface area contributed by atoms with Crippen LogP contribution in [0.3, 0.4) is 0 Å². The smallest absolute Gasteiger partial charge is 0.407 e. The summed E-state index contributed by atoms with van der Waals surface area (Å²) < 4.78 is 0. The van der Waals surface area contributed by atoms with Gasteiger partial charge < -0.3 is 14.9 Å². The number of nitrogens with zero attached hydrogens (tertiary/aromatic N) is 6. The van der Waals surface area contributed by atoms with E-state index in [9.17, 15) is 4.79 Å². The fraction of sp³-hybridized carbons (Fsp3) is 0.385. The molecule has 1 fully saturated rings. The summed E-state index contributed by atoms with van der Waals surface area (Å²) in [6, 6.07) is 7.91. The molecule has 1 aromatic carbocycles. The number of hydrogen-bond acceptors (Lipinski definition) is 5. The van der Waals surface area contributed by atoms with Gasteiger partial charge in [-0.05, 0) is 29.5 Å². The lowest BCUT2D eigenvalue weighted by Gasteiger charge is -2.34. The minimum absolute atomic E-state index is 0.531. The second kappa shape index (κ2) is 5.39. The molecule has 1 aliphatic rings. The van der Waals surface area contributed by atoms with Gasteiger partial charge in [0.15, 0.2) is 0 Å². The van der Waals surface area contributed by atoms with Gasteiger partial charge in [-0.2, -0.15) is 4.80 Å². The zero-order chi connectivity index (χ0) is 14.8. The van der Waals surface area contributed by atoms with Gasteiger partial charge in [-0.15, -0.1) is 10.2 Å². The van der Waals surface area contributed by atoms with Gasteiger partial charge in [-0.3, -0.25) is 0 Å². The number of aryl methyl sites for hydroxylation is 1. The van der Waals surface area contributed by atoms with Crippen LogP contribution in [0.25, 0.3) is 11.4 Å². The summed E-state index contributed by atoms with van der Waals surface area (Å²) in [4.78, 5) is 15.9. The molecule has 21 heavy (non-hydrogen) atoms. The van der Waals surface area contributed by atoms with Gasteiger partial charge in [0.1, 0.15) is 0 Å². The van der Waals surface area contributed by atoms with E-state index in [1.807, 2.05) is 24.3 Å². The molecular formula is C13H16N6O2. The molecule has 2 heterocycles. The Morgan fingerprint density at radius 2 is 1.81 bits per heavy atom. The number of rotatable bonds is 2. The highest BCUT2D eigenvalue weighted by atomic mass is 16.4. The third-order valence-corrected chi connectivity index (χ3v) is 3.55. The third kappa shape index (κ3) is 2.78. The molecule has 1 aliphatic heterocycles. The Labute approximate surface area is 121 Å². The molecule has 1 aromatic heterocycles. The molecule has 2 aromatic rings. The fourth-order valence-electron chi connectivity index (χ4n) is 2.38. The van der Waals surface area contributed by atoms with Gasteiger partial charge in [0, 0.05) is 37.4 Å². The van der Waals surface area contributed by atoms with Gasteiger partial charge in [-0.25, -0.2) is 4.79 Å². The van der Waals surface area contributed by atoms with Crippen molar-refractivity contribution in [3.63, 3.8) is 0 Å². The van der Waals surface area contributed by atoms with E-state index < -0.39 is 6.09 Å². The average molecular weight is 288 g/mol. The fourth-order valence-corrected chi connectivity index (χ4v) is 2.38. The summed E-state index contributed by atoms with van der Waals surface area (Å²) in [6.45, 7) is 2.47.